The van der Waals surface area contributed by atoms with Crippen molar-refractivity contribution >= 4 is 0 Å². The van der Waals surface area contributed by atoms with Crippen LogP contribution in [0.2, 0.25) is 0 Å². The highest BCUT2D eigenvalue weighted by atomic mass is 14.5. The molecule has 1 nitrogen and oxygen atoms in total. The molecule has 0 radical (unpaired) electrons. The van der Waals surface area contributed by atoms with Gasteiger partial charge in [-0.25, -0.2) is 0 Å². The van der Waals surface area contributed by atoms with Gasteiger partial charge in [-0.15, -0.1) is 0 Å². The van der Waals surface area contributed by atoms with Gasteiger partial charge in [-0.3, -0.25) is 0 Å². The molecule has 124 valence electrons. The van der Waals surface area contributed by atoms with Gasteiger partial charge in [-0.2, -0.15) is 0 Å². The van der Waals surface area contributed by atoms with Crippen molar-refractivity contribution in [3.8, 4) is 11.1 Å². The van der Waals surface area contributed by atoms with Crippen LogP contribution in [0, 0.1) is 0 Å². The predicted molar refractivity (Wildman–Crippen MR) is 102 cm³/mol. The molecule has 2 aromatic carbocycles. The zero-order chi connectivity index (χ0) is 16.2. The van der Waals surface area contributed by atoms with Crippen molar-refractivity contribution in [2.24, 2.45) is 5.73 Å². The van der Waals surface area contributed by atoms with Crippen molar-refractivity contribution in [3.05, 3.63) is 60.2 Å². The van der Waals surface area contributed by atoms with Gasteiger partial charge >= 0.3 is 0 Å². The van der Waals surface area contributed by atoms with Gasteiger partial charge in [0.15, 0.2) is 0 Å². The first kappa shape index (κ1) is 17.7. The molecule has 0 bridgehead atoms. The lowest BCUT2D eigenvalue weighted by atomic mass is 9.99. The molecule has 0 spiro atoms. The molecule has 23 heavy (non-hydrogen) atoms. The van der Waals surface area contributed by atoms with Crippen molar-refractivity contribution in [3.63, 3.8) is 0 Å². The quantitative estimate of drug-likeness (QED) is 0.508. The zero-order valence-electron chi connectivity index (χ0n) is 14.3. The number of nitrogens with two attached hydrogens (primary N) is 1. The summed E-state index contributed by atoms with van der Waals surface area (Å²) in [5, 5.41) is 0. The normalized spacial score (nSPS) is 10.8. The Bertz CT molecular complexity index is 533. The molecule has 0 heterocycles. The minimum absolute atomic E-state index is 0.849. The zero-order valence-corrected chi connectivity index (χ0v) is 14.3. The summed E-state index contributed by atoms with van der Waals surface area (Å²) in [6.07, 6.45) is 11.9. The monoisotopic (exact) mass is 309 g/mol. The highest BCUT2D eigenvalue weighted by Crippen LogP contribution is 2.21. The molecule has 0 aromatic heterocycles. The van der Waals surface area contributed by atoms with Crippen LogP contribution in [0.5, 0.6) is 0 Å². The molecule has 2 aromatic rings. The molecule has 1 heteroatoms. The molecular weight excluding hydrogens is 278 g/mol. The fourth-order valence-corrected chi connectivity index (χ4v) is 3.07. The van der Waals surface area contributed by atoms with Gasteiger partial charge in [0.05, 0.1) is 0 Å². The largest absolute Gasteiger partial charge is 0.330 e. The molecule has 0 saturated carbocycles. The standard InChI is InChI=1S/C22H31N/c23-18-11-6-4-2-1-3-5-8-13-20-14-12-17-22(19-20)21-15-9-7-10-16-21/h7,9-10,12,14-17,19H,1-6,8,11,13,18,23H2. The summed E-state index contributed by atoms with van der Waals surface area (Å²) >= 11 is 0. The van der Waals surface area contributed by atoms with Gasteiger partial charge in [0.1, 0.15) is 0 Å². The highest BCUT2D eigenvalue weighted by molar-refractivity contribution is 5.63. The van der Waals surface area contributed by atoms with Crippen LogP contribution in [0.1, 0.15) is 56.9 Å². The number of aryl methyl sites for hydroxylation is 1. The van der Waals surface area contributed by atoms with Gasteiger partial charge in [0, 0.05) is 0 Å². The second-order valence-electron chi connectivity index (χ2n) is 6.43. The molecular formula is C22H31N. The second kappa shape index (κ2) is 11.0. The minimum Gasteiger partial charge on any atom is -0.330 e. The molecule has 0 aliphatic rings. The predicted octanol–water partition coefficient (Wildman–Crippen LogP) is 5.98. The summed E-state index contributed by atoms with van der Waals surface area (Å²) in [6.45, 7) is 0.849. The second-order valence-corrected chi connectivity index (χ2v) is 6.43. The van der Waals surface area contributed by atoms with Gasteiger partial charge in [0.25, 0.3) is 0 Å². The molecule has 0 aliphatic heterocycles. The molecule has 0 atom stereocenters. The van der Waals surface area contributed by atoms with Gasteiger partial charge in [-0.1, -0.05) is 93.1 Å². The van der Waals surface area contributed by atoms with E-state index in [2.05, 4.69) is 54.6 Å². The van der Waals surface area contributed by atoms with E-state index in [9.17, 15) is 0 Å². The van der Waals surface area contributed by atoms with Crippen LogP contribution in [0.25, 0.3) is 11.1 Å². The average molecular weight is 309 g/mol. The van der Waals surface area contributed by atoms with Crippen LogP contribution >= 0.6 is 0 Å². The lowest BCUT2D eigenvalue weighted by molar-refractivity contribution is 0.570. The van der Waals surface area contributed by atoms with Crippen molar-refractivity contribution in [1.82, 2.24) is 0 Å². The smallest absolute Gasteiger partial charge is 0.00773 e. The minimum atomic E-state index is 0.849. The maximum Gasteiger partial charge on any atom is -0.00773 e. The van der Waals surface area contributed by atoms with E-state index in [4.69, 9.17) is 5.73 Å². The summed E-state index contributed by atoms with van der Waals surface area (Å²) in [4.78, 5) is 0. The fourth-order valence-electron chi connectivity index (χ4n) is 3.07. The van der Waals surface area contributed by atoms with Gasteiger partial charge < -0.3 is 5.73 Å². The van der Waals surface area contributed by atoms with Crippen molar-refractivity contribution in [2.45, 2.75) is 57.8 Å². The van der Waals surface area contributed by atoms with Crippen LogP contribution in [0.15, 0.2) is 54.6 Å². The molecule has 0 aliphatic carbocycles. The third kappa shape index (κ3) is 7.00. The Kier molecular flexibility index (Phi) is 8.50. The number of rotatable bonds is 11. The van der Waals surface area contributed by atoms with Gasteiger partial charge in [0.2, 0.25) is 0 Å². The lowest BCUT2D eigenvalue weighted by Gasteiger charge is -2.06. The maximum atomic E-state index is 5.51. The lowest BCUT2D eigenvalue weighted by Crippen LogP contribution is -1.97. The topological polar surface area (TPSA) is 26.0 Å². The van der Waals surface area contributed by atoms with E-state index in [0.717, 1.165) is 6.54 Å². The summed E-state index contributed by atoms with van der Waals surface area (Å²) < 4.78 is 0. The Labute approximate surface area is 141 Å². The Balaban J connectivity index is 1.65. The van der Waals surface area contributed by atoms with E-state index >= 15 is 0 Å². The molecule has 0 fully saturated rings. The Morgan fingerprint density at radius 1 is 0.565 bits per heavy atom. The molecule has 2 rings (SSSR count). The average Bonchev–Trinajstić information content (AvgIpc) is 2.61. The van der Waals surface area contributed by atoms with E-state index < -0.39 is 0 Å². The van der Waals surface area contributed by atoms with E-state index in [0.29, 0.717) is 0 Å². The van der Waals surface area contributed by atoms with Gasteiger partial charge in [-0.05, 0) is 42.5 Å². The number of hydrogen-bond donors (Lipinski definition) is 1. The van der Waals surface area contributed by atoms with Crippen molar-refractivity contribution in [2.75, 3.05) is 6.54 Å². The maximum absolute atomic E-state index is 5.51. The van der Waals surface area contributed by atoms with Crippen LogP contribution in [0.4, 0.5) is 0 Å². The first-order valence-electron chi connectivity index (χ1n) is 9.24. The summed E-state index contributed by atoms with van der Waals surface area (Å²) in [5.41, 5.74) is 9.63. The first-order chi connectivity index (χ1) is 11.4. The van der Waals surface area contributed by atoms with E-state index in [1.54, 1.807) is 0 Å². The highest BCUT2D eigenvalue weighted by Gasteiger charge is 1.99. The summed E-state index contributed by atoms with van der Waals surface area (Å²) in [6, 6.07) is 19.7. The van der Waals surface area contributed by atoms with Crippen molar-refractivity contribution < 1.29 is 0 Å². The Morgan fingerprint density at radius 3 is 1.87 bits per heavy atom. The van der Waals surface area contributed by atoms with Crippen LogP contribution in [-0.4, -0.2) is 6.54 Å². The Morgan fingerprint density at radius 2 is 1.17 bits per heavy atom. The number of benzene rings is 2. The number of unbranched alkanes of at least 4 members (excludes halogenated alkanes) is 7. The fraction of sp³-hybridized carbons (Fsp3) is 0.455. The molecule has 2 N–H and O–H groups in total. The first-order valence-corrected chi connectivity index (χ1v) is 9.24. The number of hydrogen-bond acceptors (Lipinski definition) is 1. The van der Waals surface area contributed by atoms with E-state index in [1.807, 2.05) is 0 Å². The Hall–Kier alpha value is -1.60. The third-order valence-electron chi connectivity index (χ3n) is 4.45. The van der Waals surface area contributed by atoms with Crippen LogP contribution in [0.3, 0.4) is 0 Å². The van der Waals surface area contributed by atoms with Crippen LogP contribution in [-0.2, 0) is 6.42 Å². The molecule has 0 unspecified atom stereocenters. The van der Waals surface area contributed by atoms with E-state index in [1.165, 1.54) is 74.5 Å². The SMILES string of the molecule is NCCCCCCCCCCc1cccc(-c2ccccc2)c1. The van der Waals surface area contributed by atoms with Crippen molar-refractivity contribution in [1.29, 1.82) is 0 Å². The van der Waals surface area contributed by atoms with E-state index in [-0.39, 0.29) is 0 Å². The molecule has 0 saturated heterocycles. The summed E-state index contributed by atoms with van der Waals surface area (Å²) in [7, 11) is 0. The molecule has 0 amide bonds. The van der Waals surface area contributed by atoms with Crippen LogP contribution < -0.4 is 5.73 Å². The summed E-state index contributed by atoms with van der Waals surface area (Å²) in [5.74, 6) is 0. The third-order valence-corrected chi connectivity index (χ3v) is 4.45.